The third-order valence-electron chi connectivity index (χ3n) is 9.88. The predicted molar refractivity (Wildman–Crippen MR) is 213 cm³/mol. The minimum Gasteiger partial charge on any atom is -0.291 e. The molecule has 10 aromatic rings. The molecule has 50 heavy (non-hydrogen) atoms. The molecule has 0 amide bonds. The molecule has 0 radical (unpaired) electrons. The maximum absolute atomic E-state index is 5.40. The van der Waals surface area contributed by atoms with Crippen LogP contribution in [0.2, 0.25) is 0 Å². The molecule has 0 aliphatic heterocycles. The van der Waals surface area contributed by atoms with Gasteiger partial charge in [0.2, 0.25) is 0 Å². The molecule has 2 heterocycles. The minimum atomic E-state index is 0.944. The predicted octanol–water partition coefficient (Wildman–Crippen LogP) is 13.2. The first kappa shape index (κ1) is 28.7. The highest BCUT2D eigenvalue weighted by molar-refractivity contribution is 7.17. The van der Waals surface area contributed by atoms with E-state index in [2.05, 4.69) is 186 Å². The zero-order valence-corrected chi connectivity index (χ0v) is 27.9. The van der Waals surface area contributed by atoms with E-state index in [1.165, 1.54) is 65.0 Å². The monoisotopic (exact) mass is 654 g/mol. The van der Waals surface area contributed by atoms with E-state index >= 15 is 0 Å². The highest BCUT2D eigenvalue weighted by atomic mass is 32.1. The lowest BCUT2D eigenvalue weighted by Crippen LogP contribution is -2.03. The molecule has 10 rings (SSSR count). The zero-order valence-electron chi connectivity index (χ0n) is 27.1. The molecular formula is C47H30N2S. The second kappa shape index (κ2) is 11.7. The van der Waals surface area contributed by atoms with Crippen molar-refractivity contribution in [3.05, 3.63) is 181 Å². The van der Waals surface area contributed by atoms with Crippen LogP contribution in [0, 0.1) is 0 Å². The molecule has 2 aromatic heterocycles. The molecule has 3 heteroatoms. The molecule has 8 aromatic carbocycles. The summed E-state index contributed by atoms with van der Waals surface area (Å²) < 4.78 is 3.64. The van der Waals surface area contributed by atoms with Crippen LogP contribution in [0.5, 0.6) is 0 Å². The summed E-state index contributed by atoms with van der Waals surface area (Å²) in [5.74, 6) is 0.944. The van der Waals surface area contributed by atoms with Crippen LogP contribution in [0.1, 0.15) is 0 Å². The van der Waals surface area contributed by atoms with Crippen molar-refractivity contribution in [1.29, 1.82) is 0 Å². The van der Waals surface area contributed by atoms with Crippen molar-refractivity contribution in [2.75, 3.05) is 0 Å². The van der Waals surface area contributed by atoms with Gasteiger partial charge < -0.3 is 0 Å². The molecule has 0 aliphatic carbocycles. The summed E-state index contributed by atoms with van der Waals surface area (Å²) in [4.78, 5) is 5.40. The van der Waals surface area contributed by atoms with Crippen LogP contribution < -0.4 is 0 Å². The third-order valence-corrected chi connectivity index (χ3v) is 10.8. The fraction of sp³-hybridized carbons (Fsp3) is 0. The minimum absolute atomic E-state index is 0.944. The molecule has 2 nitrogen and oxygen atoms in total. The Balaban J connectivity index is 1.23. The second-order valence-electron chi connectivity index (χ2n) is 12.8. The Bertz CT molecular complexity index is 2810. The number of benzene rings is 8. The van der Waals surface area contributed by atoms with E-state index in [0.717, 1.165) is 28.1 Å². The van der Waals surface area contributed by atoms with Gasteiger partial charge in [0.15, 0.2) is 0 Å². The molecule has 0 N–H and O–H groups in total. The largest absolute Gasteiger partial charge is 0.291 e. The van der Waals surface area contributed by atoms with Crippen LogP contribution in [-0.2, 0) is 0 Å². The Morgan fingerprint density at radius 3 is 1.78 bits per heavy atom. The molecule has 0 saturated heterocycles. The third kappa shape index (κ3) is 4.67. The second-order valence-corrected chi connectivity index (χ2v) is 13.7. The van der Waals surface area contributed by atoms with Gasteiger partial charge in [0.1, 0.15) is 5.82 Å². The summed E-state index contributed by atoms with van der Waals surface area (Å²) in [5.41, 5.74) is 11.4. The molecule has 0 spiro atoms. The van der Waals surface area contributed by atoms with E-state index < -0.39 is 0 Å². The number of fused-ring (bicyclic) bond motifs is 5. The fourth-order valence-corrected chi connectivity index (χ4v) is 8.40. The number of aromatic nitrogens is 2. The first-order valence-corrected chi connectivity index (χ1v) is 17.8. The summed E-state index contributed by atoms with van der Waals surface area (Å²) in [7, 11) is 0. The van der Waals surface area contributed by atoms with Crippen LogP contribution in [0.4, 0.5) is 0 Å². The Labute approximate surface area is 294 Å². The average molecular weight is 655 g/mol. The smallest absolute Gasteiger partial charge is 0.147 e. The van der Waals surface area contributed by atoms with Gasteiger partial charge in [0, 0.05) is 32.2 Å². The zero-order chi connectivity index (χ0) is 33.0. The number of nitrogens with zero attached hydrogens (tertiary/aromatic N) is 2. The van der Waals surface area contributed by atoms with Gasteiger partial charge >= 0.3 is 0 Å². The van der Waals surface area contributed by atoms with Crippen molar-refractivity contribution in [2.45, 2.75) is 0 Å². The van der Waals surface area contributed by atoms with Crippen molar-refractivity contribution in [2.24, 2.45) is 0 Å². The highest BCUT2D eigenvalue weighted by Gasteiger charge is 2.23. The number of hydrogen-bond donors (Lipinski definition) is 0. The maximum Gasteiger partial charge on any atom is 0.147 e. The van der Waals surface area contributed by atoms with Crippen LogP contribution in [0.25, 0.3) is 93.1 Å². The standard InChI is InChI=1S/C47H30N2S/c1-3-12-31(13-4-1)38-18-11-19-39(32-14-5-2-6-15-32)46(38)49-44-21-10-9-20-43(44)48-47(49)42-30-50-45-27-26-36(29-41(42)45)35-25-24-34-23-22-33-16-7-8-17-37(33)40(34)28-35/h1-30H. The Hall–Kier alpha value is -6.29. The van der Waals surface area contributed by atoms with E-state index in [9.17, 15) is 0 Å². The Kier molecular flexibility index (Phi) is 6.71. The molecule has 234 valence electrons. The summed E-state index contributed by atoms with van der Waals surface area (Å²) in [6.45, 7) is 0. The first-order chi connectivity index (χ1) is 24.8. The topological polar surface area (TPSA) is 17.8 Å². The average Bonchev–Trinajstić information content (AvgIpc) is 3.79. The van der Waals surface area contributed by atoms with E-state index in [1.54, 1.807) is 11.3 Å². The van der Waals surface area contributed by atoms with Gasteiger partial charge in [-0.2, -0.15) is 0 Å². The molecule has 0 aliphatic rings. The van der Waals surface area contributed by atoms with Crippen molar-refractivity contribution >= 4 is 54.0 Å². The first-order valence-electron chi connectivity index (χ1n) is 17.0. The summed E-state index contributed by atoms with van der Waals surface area (Å²) >= 11 is 1.78. The van der Waals surface area contributed by atoms with E-state index in [-0.39, 0.29) is 0 Å². The Morgan fingerprint density at radius 2 is 1.02 bits per heavy atom. The molecule has 0 fully saturated rings. The van der Waals surface area contributed by atoms with Gasteiger partial charge in [-0.05, 0) is 74.1 Å². The van der Waals surface area contributed by atoms with Gasteiger partial charge in [0.05, 0.1) is 16.7 Å². The molecule has 0 atom stereocenters. The SMILES string of the molecule is c1ccc(-c2cccc(-c3ccccc3)c2-n2c(-c3csc4ccc(-c5ccc6ccc7ccccc7c6c5)cc34)nc3ccccc32)cc1. The van der Waals surface area contributed by atoms with E-state index in [0.29, 0.717) is 0 Å². The van der Waals surface area contributed by atoms with E-state index in [1.807, 2.05) is 0 Å². The van der Waals surface area contributed by atoms with Gasteiger partial charge in [-0.1, -0.05) is 146 Å². The number of thiophene rings is 1. The fourth-order valence-electron chi connectivity index (χ4n) is 7.48. The molecule has 0 unspecified atom stereocenters. The quantitative estimate of drug-likeness (QED) is 0.169. The number of rotatable bonds is 5. The van der Waals surface area contributed by atoms with Gasteiger partial charge in [0.25, 0.3) is 0 Å². The van der Waals surface area contributed by atoms with Crippen molar-refractivity contribution in [3.63, 3.8) is 0 Å². The van der Waals surface area contributed by atoms with Crippen LogP contribution in [-0.4, -0.2) is 9.55 Å². The van der Waals surface area contributed by atoms with Crippen LogP contribution >= 0.6 is 11.3 Å². The molecular weight excluding hydrogens is 625 g/mol. The van der Waals surface area contributed by atoms with Crippen molar-refractivity contribution in [3.8, 4) is 50.5 Å². The van der Waals surface area contributed by atoms with E-state index in [4.69, 9.17) is 4.98 Å². The number of hydrogen-bond acceptors (Lipinski definition) is 2. The summed E-state index contributed by atoms with van der Waals surface area (Å²) in [5, 5.41) is 8.57. The van der Waals surface area contributed by atoms with Crippen molar-refractivity contribution in [1.82, 2.24) is 9.55 Å². The highest BCUT2D eigenvalue weighted by Crippen LogP contribution is 2.43. The van der Waals surface area contributed by atoms with Crippen molar-refractivity contribution < 1.29 is 0 Å². The van der Waals surface area contributed by atoms with Gasteiger partial charge in [-0.25, -0.2) is 4.98 Å². The molecule has 0 saturated carbocycles. The maximum atomic E-state index is 5.40. The Morgan fingerprint density at radius 1 is 0.420 bits per heavy atom. The van der Waals surface area contributed by atoms with Gasteiger partial charge in [-0.3, -0.25) is 4.57 Å². The summed E-state index contributed by atoms with van der Waals surface area (Å²) in [6.07, 6.45) is 0. The number of imidazole rings is 1. The lowest BCUT2D eigenvalue weighted by molar-refractivity contribution is 1.11. The lowest BCUT2D eigenvalue weighted by Gasteiger charge is -2.19. The number of para-hydroxylation sites is 3. The van der Waals surface area contributed by atoms with Gasteiger partial charge in [-0.15, -0.1) is 11.3 Å². The summed E-state index contributed by atoms with van der Waals surface area (Å²) in [6, 6.07) is 63.4. The normalized spacial score (nSPS) is 11.6. The van der Waals surface area contributed by atoms with Crippen LogP contribution in [0.3, 0.4) is 0 Å². The lowest BCUT2D eigenvalue weighted by atomic mass is 9.95. The van der Waals surface area contributed by atoms with Crippen LogP contribution in [0.15, 0.2) is 181 Å². The molecule has 0 bridgehead atoms.